The van der Waals surface area contributed by atoms with Crippen molar-refractivity contribution < 1.29 is 4.79 Å². The molecule has 7 heteroatoms. The summed E-state index contributed by atoms with van der Waals surface area (Å²) >= 11 is 1.42. The van der Waals surface area contributed by atoms with E-state index in [1.165, 1.54) is 17.3 Å². The number of nitrogen functional groups attached to an aromatic ring is 1. The van der Waals surface area contributed by atoms with Crippen molar-refractivity contribution in [3.05, 3.63) is 35.4 Å². The predicted octanol–water partition coefficient (Wildman–Crippen LogP) is 2.84. The molecule has 2 rings (SSSR count). The van der Waals surface area contributed by atoms with Crippen LogP contribution in [0.1, 0.15) is 17.5 Å². The van der Waals surface area contributed by atoms with Crippen LogP contribution in [-0.2, 0) is 4.79 Å². The van der Waals surface area contributed by atoms with E-state index in [9.17, 15) is 4.79 Å². The molecule has 1 aromatic carbocycles. The minimum atomic E-state index is -0.0448. The summed E-state index contributed by atoms with van der Waals surface area (Å²) in [5.41, 5.74) is 8.79. The molecule has 0 bridgehead atoms. The number of hydrogen-bond donors (Lipinski definition) is 3. The Bertz CT molecular complexity index is 705. The molecule has 6 nitrogen and oxygen atoms in total. The molecule has 0 radical (unpaired) electrons. The molecule has 0 aliphatic rings. The Morgan fingerprint density at radius 2 is 2.04 bits per heavy atom. The fourth-order valence-electron chi connectivity index (χ4n) is 2.10. The third-order valence-corrected chi connectivity index (χ3v) is 3.77. The van der Waals surface area contributed by atoms with Gasteiger partial charge in [-0.15, -0.1) is 0 Å². The highest BCUT2D eigenvalue weighted by Crippen LogP contribution is 2.17. The summed E-state index contributed by atoms with van der Waals surface area (Å²) in [6.07, 6.45) is 2.22. The van der Waals surface area contributed by atoms with E-state index in [0.29, 0.717) is 29.8 Å². The number of benzene rings is 1. The second-order valence-electron chi connectivity index (χ2n) is 5.21. The van der Waals surface area contributed by atoms with Crippen LogP contribution in [0.2, 0.25) is 0 Å². The molecule has 0 saturated carbocycles. The number of hydrogen-bond acceptors (Lipinski definition) is 6. The third-order valence-electron chi connectivity index (χ3n) is 3.22. The van der Waals surface area contributed by atoms with Crippen molar-refractivity contribution in [1.82, 2.24) is 9.97 Å². The molecule has 4 N–H and O–H groups in total. The van der Waals surface area contributed by atoms with Crippen LogP contribution >= 0.6 is 11.8 Å². The number of nitrogens with zero attached hydrogens (tertiary/aromatic N) is 2. The lowest BCUT2D eigenvalue weighted by atomic mass is 10.1. The highest BCUT2D eigenvalue weighted by atomic mass is 32.2. The topological polar surface area (TPSA) is 92.9 Å². The Morgan fingerprint density at radius 1 is 1.26 bits per heavy atom. The highest BCUT2D eigenvalue weighted by Gasteiger charge is 2.06. The van der Waals surface area contributed by atoms with Gasteiger partial charge in [0.25, 0.3) is 0 Å². The number of rotatable bonds is 6. The minimum Gasteiger partial charge on any atom is -0.383 e. The van der Waals surface area contributed by atoms with Gasteiger partial charge in [0.2, 0.25) is 5.91 Å². The monoisotopic (exact) mass is 331 g/mol. The summed E-state index contributed by atoms with van der Waals surface area (Å²) in [5, 5.41) is 6.62. The maximum Gasteiger partial charge on any atom is 0.226 e. The van der Waals surface area contributed by atoms with E-state index in [1.807, 2.05) is 38.3 Å². The first kappa shape index (κ1) is 17.1. The van der Waals surface area contributed by atoms with Gasteiger partial charge in [-0.2, -0.15) is 0 Å². The second kappa shape index (κ2) is 7.82. The molecule has 122 valence electrons. The van der Waals surface area contributed by atoms with E-state index in [-0.39, 0.29) is 5.91 Å². The number of carbonyl (C=O) groups excluding carboxylic acids is 1. The summed E-state index contributed by atoms with van der Waals surface area (Å²) in [5.74, 6) is 0.990. The van der Waals surface area contributed by atoms with Crippen LogP contribution < -0.4 is 16.4 Å². The quantitative estimate of drug-likeness (QED) is 0.557. The molecule has 0 unspecified atom stereocenters. The van der Waals surface area contributed by atoms with Gasteiger partial charge in [0.05, 0.1) is 0 Å². The van der Waals surface area contributed by atoms with Gasteiger partial charge in [0.15, 0.2) is 5.16 Å². The molecule has 1 heterocycles. The van der Waals surface area contributed by atoms with Crippen molar-refractivity contribution in [2.45, 2.75) is 25.4 Å². The van der Waals surface area contributed by atoms with Gasteiger partial charge >= 0.3 is 0 Å². The van der Waals surface area contributed by atoms with Gasteiger partial charge in [-0.25, -0.2) is 9.97 Å². The van der Waals surface area contributed by atoms with Crippen molar-refractivity contribution in [1.29, 1.82) is 0 Å². The van der Waals surface area contributed by atoms with Crippen LogP contribution in [0.4, 0.5) is 17.3 Å². The van der Waals surface area contributed by atoms with Gasteiger partial charge in [-0.1, -0.05) is 29.5 Å². The standard InChI is InChI=1S/C16H21N5OS/c1-10-4-5-12(11(2)8-10)19-15(22)6-7-18-14-9-13(17)20-16(21-14)23-3/h4-5,8-9H,6-7H2,1-3H3,(H,19,22)(H3,17,18,20,21). The zero-order chi connectivity index (χ0) is 16.8. The van der Waals surface area contributed by atoms with E-state index in [2.05, 4.69) is 20.6 Å². The van der Waals surface area contributed by atoms with Crippen molar-refractivity contribution in [2.24, 2.45) is 0 Å². The smallest absolute Gasteiger partial charge is 0.226 e. The van der Waals surface area contributed by atoms with E-state index in [0.717, 1.165) is 11.3 Å². The lowest BCUT2D eigenvalue weighted by molar-refractivity contribution is -0.115. The SMILES string of the molecule is CSc1nc(N)cc(NCCC(=O)Nc2ccc(C)cc2C)n1. The molecular formula is C16H21N5OS. The summed E-state index contributed by atoms with van der Waals surface area (Å²) in [6.45, 7) is 4.48. The van der Waals surface area contributed by atoms with Gasteiger partial charge < -0.3 is 16.4 Å². The molecule has 1 amide bonds. The number of thioether (sulfide) groups is 1. The molecule has 0 aliphatic heterocycles. The normalized spacial score (nSPS) is 10.4. The molecule has 23 heavy (non-hydrogen) atoms. The molecule has 0 saturated heterocycles. The van der Waals surface area contributed by atoms with Gasteiger partial charge in [-0.05, 0) is 31.7 Å². The Balaban J connectivity index is 1.86. The lowest BCUT2D eigenvalue weighted by Crippen LogP contribution is -2.17. The van der Waals surface area contributed by atoms with Crippen LogP contribution in [0.15, 0.2) is 29.4 Å². The maximum atomic E-state index is 12.0. The first-order valence-corrected chi connectivity index (χ1v) is 8.50. The van der Waals surface area contributed by atoms with Crippen molar-refractivity contribution in [2.75, 3.05) is 29.2 Å². The zero-order valence-corrected chi connectivity index (χ0v) is 14.3. The summed E-state index contributed by atoms with van der Waals surface area (Å²) in [7, 11) is 0. The molecule has 0 spiro atoms. The van der Waals surface area contributed by atoms with Crippen molar-refractivity contribution >= 4 is 35.0 Å². The first-order chi connectivity index (χ1) is 11.0. The molecule has 1 aromatic heterocycles. The summed E-state index contributed by atoms with van der Waals surface area (Å²) < 4.78 is 0. The van der Waals surface area contributed by atoms with Gasteiger partial charge in [0, 0.05) is 24.7 Å². The third kappa shape index (κ3) is 5.14. The number of nitrogens with one attached hydrogen (secondary N) is 2. The maximum absolute atomic E-state index is 12.0. The van der Waals surface area contributed by atoms with Crippen LogP contribution in [0.25, 0.3) is 0 Å². The number of aromatic nitrogens is 2. The number of carbonyl (C=O) groups is 1. The fourth-order valence-corrected chi connectivity index (χ4v) is 2.48. The fraction of sp³-hybridized carbons (Fsp3) is 0.312. The van der Waals surface area contributed by atoms with E-state index in [1.54, 1.807) is 6.07 Å². The van der Waals surface area contributed by atoms with Crippen molar-refractivity contribution in [3.8, 4) is 0 Å². The predicted molar refractivity (Wildman–Crippen MR) is 95.9 cm³/mol. The second-order valence-corrected chi connectivity index (χ2v) is 5.98. The average Bonchev–Trinajstić information content (AvgIpc) is 2.49. The van der Waals surface area contributed by atoms with Crippen LogP contribution in [0.3, 0.4) is 0 Å². The Labute approximate surface area is 140 Å². The average molecular weight is 331 g/mol. The minimum absolute atomic E-state index is 0.0448. The van der Waals surface area contributed by atoms with Crippen LogP contribution in [0, 0.1) is 13.8 Å². The number of aryl methyl sites for hydroxylation is 2. The number of amides is 1. The van der Waals surface area contributed by atoms with E-state index in [4.69, 9.17) is 5.73 Å². The molecule has 0 fully saturated rings. The number of anilines is 3. The number of nitrogens with two attached hydrogens (primary N) is 1. The Hall–Kier alpha value is -2.28. The van der Waals surface area contributed by atoms with Gasteiger partial charge in [0.1, 0.15) is 11.6 Å². The molecular weight excluding hydrogens is 310 g/mol. The summed E-state index contributed by atoms with van der Waals surface area (Å²) in [4.78, 5) is 20.4. The lowest BCUT2D eigenvalue weighted by Gasteiger charge is -2.10. The van der Waals surface area contributed by atoms with Gasteiger partial charge in [-0.3, -0.25) is 4.79 Å². The van der Waals surface area contributed by atoms with E-state index < -0.39 is 0 Å². The first-order valence-electron chi connectivity index (χ1n) is 7.27. The van der Waals surface area contributed by atoms with Crippen LogP contribution in [-0.4, -0.2) is 28.7 Å². The largest absolute Gasteiger partial charge is 0.383 e. The highest BCUT2D eigenvalue weighted by molar-refractivity contribution is 7.98. The molecule has 0 aliphatic carbocycles. The van der Waals surface area contributed by atoms with E-state index >= 15 is 0 Å². The van der Waals surface area contributed by atoms with Crippen LogP contribution in [0.5, 0.6) is 0 Å². The van der Waals surface area contributed by atoms with Crippen molar-refractivity contribution in [3.63, 3.8) is 0 Å². The summed E-state index contributed by atoms with van der Waals surface area (Å²) in [6, 6.07) is 7.60. The molecule has 2 aromatic rings. The zero-order valence-electron chi connectivity index (χ0n) is 13.5. The Kier molecular flexibility index (Phi) is 5.81. The Morgan fingerprint density at radius 3 is 2.74 bits per heavy atom. The molecule has 0 atom stereocenters.